The molecule has 0 fully saturated rings. The molecule has 0 aliphatic heterocycles. The first-order chi connectivity index (χ1) is 6.47. The van der Waals surface area contributed by atoms with E-state index in [4.69, 9.17) is 5.73 Å². The van der Waals surface area contributed by atoms with Crippen LogP contribution in [-0.4, -0.2) is 9.97 Å². The Balaban J connectivity index is 2.62. The highest BCUT2D eigenvalue weighted by molar-refractivity contribution is 7.21. The maximum atomic E-state index is 12.2. The molecular weight excluding hydrogens is 215 g/mol. The van der Waals surface area contributed by atoms with Crippen LogP contribution < -0.4 is 5.73 Å². The summed E-state index contributed by atoms with van der Waals surface area (Å²) >= 11 is 0.938. The number of hydrogen-bond acceptors (Lipinski definition) is 4. The van der Waals surface area contributed by atoms with E-state index in [9.17, 15) is 13.2 Å². The second-order valence-corrected chi connectivity index (χ2v) is 3.58. The number of aromatic nitrogens is 2. The molecule has 2 rings (SSSR count). The molecule has 0 radical (unpaired) electrons. The van der Waals surface area contributed by atoms with E-state index in [1.165, 1.54) is 6.07 Å². The van der Waals surface area contributed by atoms with Gasteiger partial charge in [0, 0.05) is 0 Å². The Morgan fingerprint density at radius 1 is 1.21 bits per heavy atom. The highest BCUT2D eigenvalue weighted by atomic mass is 32.1. The van der Waals surface area contributed by atoms with E-state index in [1.54, 1.807) is 0 Å². The summed E-state index contributed by atoms with van der Waals surface area (Å²) in [6, 6.07) is 2.15. The summed E-state index contributed by atoms with van der Waals surface area (Å²) in [7, 11) is 0. The van der Waals surface area contributed by atoms with Crippen molar-refractivity contribution in [3.05, 3.63) is 17.8 Å². The van der Waals surface area contributed by atoms with Gasteiger partial charge < -0.3 is 5.73 Å². The largest absolute Gasteiger partial charge is 0.433 e. The van der Waals surface area contributed by atoms with Gasteiger partial charge in [0.25, 0.3) is 0 Å². The molecule has 0 amide bonds. The van der Waals surface area contributed by atoms with Crippen molar-refractivity contribution >= 4 is 26.8 Å². The molecule has 2 aromatic rings. The second-order valence-electron chi connectivity index (χ2n) is 2.57. The van der Waals surface area contributed by atoms with Gasteiger partial charge in [-0.25, -0.2) is 9.97 Å². The zero-order chi connectivity index (χ0) is 10.3. The van der Waals surface area contributed by atoms with Crippen molar-refractivity contribution in [2.75, 3.05) is 5.73 Å². The van der Waals surface area contributed by atoms with Crippen LogP contribution in [0.5, 0.6) is 0 Å². The Kier molecular flexibility index (Phi) is 1.84. The molecule has 0 bridgehead atoms. The smallest absolute Gasteiger partial charge is 0.375 e. The minimum atomic E-state index is -4.42. The lowest BCUT2D eigenvalue weighted by Crippen LogP contribution is -2.06. The number of rotatable bonds is 0. The first kappa shape index (κ1) is 9.20. The van der Waals surface area contributed by atoms with Crippen LogP contribution in [-0.2, 0) is 6.18 Å². The molecule has 2 aromatic heterocycles. The highest BCUT2D eigenvalue weighted by Gasteiger charge is 2.32. The van der Waals surface area contributed by atoms with Crippen LogP contribution in [0.25, 0.3) is 10.3 Å². The van der Waals surface area contributed by atoms with Crippen LogP contribution in [0.15, 0.2) is 12.1 Å². The van der Waals surface area contributed by atoms with Gasteiger partial charge in [-0.15, -0.1) is 0 Å². The van der Waals surface area contributed by atoms with Gasteiger partial charge in [0.1, 0.15) is 16.0 Å². The number of thiazole rings is 1. The van der Waals surface area contributed by atoms with Crippen LogP contribution in [0.2, 0.25) is 0 Å². The van der Waals surface area contributed by atoms with E-state index < -0.39 is 11.9 Å². The quantitative estimate of drug-likeness (QED) is 0.739. The maximum Gasteiger partial charge on any atom is 0.433 e. The van der Waals surface area contributed by atoms with Crippen LogP contribution >= 0.6 is 11.3 Å². The van der Waals surface area contributed by atoms with E-state index >= 15 is 0 Å². The average molecular weight is 219 g/mol. The second kappa shape index (κ2) is 2.81. The number of nitrogen functional groups attached to an aromatic ring is 1. The van der Waals surface area contributed by atoms with Crippen molar-refractivity contribution in [3.8, 4) is 0 Å². The maximum absolute atomic E-state index is 12.2. The molecule has 14 heavy (non-hydrogen) atoms. The highest BCUT2D eigenvalue weighted by Crippen LogP contribution is 2.30. The third kappa shape index (κ3) is 1.50. The van der Waals surface area contributed by atoms with Crippen LogP contribution in [0.1, 0.15) is 5.69 Å². The zero-order valence-electron chi connectivity index (χ0n) is 6.67. The van der Waals surface area contributed by atoms with E-state index in [0.29, 0.717) is 5.52 Å². The molecule has 0 spiro atoms. The minimum absolute atomic E-state index is 0.206. The monoisotopic (exact) mass is 219 g/mol. The van der Waals surface area contributed by atoms with Crippen molar-refractivity contribution < 1.29 is 13.2 Å². The lowest BCUT2D eigenvalue weighted by atomic mass is 10.3. The fraction of sp³-hybridized carbons (Fsp3) is 0.143. The molecule has 0 saturated carbocycles. The topological polar surface area (TPSA) is 51.8 Å². The summed E-state index contributed by atoms with van der Waals surface area (Å²) in [6.07, 6.45) is -4.42. The van der Waals surface area contributed by atoms with Crippen LogP contribution in [0.3, 0.4) is 0 Å². The zero-order valence-corrected chi connectivity index (χ0v) is 7.49. The Hall–Kier alpha value is -1.37. The van der Waals surface area contributed by atoms with Crippen molar-refractivity contribution in [3.63, 3.8) is 0 Å². The molecule has 3 nitrogen and oxygen atoms in total. The number of hydrogen-bond donors (Lipinski definition) is 1. The minimum Gasteiger partial charge on any atom is -0.375 e. The predicted octanol–water partition coefficient (Wildman–Crippen LogP) is 2.29. The Labute approximate surface area is 80.4 Å². The van der Waals surface area contributed by atoms with Gasteiger partial charge in [-0.2, -0.15) is 13.2 Å². The molecule has 2 N–H and O–H groups in total. The van der Waals surface area contributed by atoms with E-state index in [2.05, 4.69) is 9.97 Å². The van der Waals surface area contributed by atoms with E-state index in [0.717, 1.165) is 17.4 Å². The van der Waals surface area contributed by atoms with Crippen LogP contribution in [0, 0.1) is 0 Å². The standard InChI is InChI=1S/C7H4F3N3S/c8-7(9,10)4-2-1-3-5(13-4)14-6(11)12-3/h1-2H,(H2,11,12). The van der Waals surface area contributed by atoms with Gasteiger partial charge in [-0.1, -0.05) is 11.3 Å². The van der Waals surface area contributed by atoms with Crippen molar-refractivity contribution in [2.24, 2.45) is 0 Å². The molecule has 0 saturated heterocycles. The lowest BCUT2D eigenvalue weighted by molar-refractivity contribution is -0.140. The number of nitrogens with two attached hydrogens (primary N) is 1. The van der Waals surface area contributed by atoms with E-state index in [-0.39, 0.29) is 9.96 Å². The van der Waals surface area contributed by atoms with Crippen LogP contribution in [0.4, 0.5) is 18.3 Å². The first-order valence-electron chi connectivity index (χ1n) is 3.57. The Bertz CT molecular complexity index is 476. The molecule has 2 heterocycles. The SMILES string of the molecule is Nc1nc2ccc(C(F)(F)F)nc2s1. The summed E-state index contributed by atoms with van der Waals surface area (Å²) in [4.78, 5) is 7.43. The number of pyridine rings is 1. The molecule has 0 aliphatic rings. The van der Waals surface area contributed by atoms with Crippen molar-refractivity contribution in [1.29, 1.82) is 0 Å². The van der Waals surface area contributed by atoms with E-state index in [1.807, 2.05) is 0 Å². The predicted molar refractivity (Wildman–Crippen MR) is 46.8 cm³/mol. The number of anilines is 1. The number of fused-ring (bicyclic) bond motifs is 1. The molecule has 0 atom stereocenters. The normalized spacial score (nSPS) is 12.2. The fourth-order valence-corrected chi connectivity index (χ4v) is 1.70. The summed E-state index contributed by atoms with van der Waals surface area (Å²) in [5.41, 5.74) is 4.80. The molecule has 0 aromatic carbocycles. The Morgan fingerprint density at radius 2 is 1.93 bits per heavy atom. The van der Waals surface area contributed by atoms with Gasteiger partial charge in [0.2, 0.25) is 0 Å². The van der Waals surface area contributed by atoms with Crippen molar-refractivity contribution in [2.45, 2.75) is 6.18 Å². The Morgan fingerprint density at radius 3 is 2.57 bits per heavy atom. The summed E-state index contributed by atoms with van der Waals surface area (Å²) in [5, 5.41) is 0.215. The summed E-state index contributed by atoms with van der Waals surface area (Å²) < 4.78 is 36.6. The third-order valence-corrected chi connectivity index (χ3v) is 2.36. The summed E-state index contributed by atoms with van der Waals surface area (Å²) in [6.45, 7) is 0. The van der Waals surface area contributed by atoms with Gasteiger partial charge in [0.05, 0.1) is 0 Å². The van der Waals surface area contributed by atoms with Gasteiger partial charge in [0.15, 0.2) is 5.13 Å². The third-order valence-electron chi connectivity index (χ3n) is 1.56. The summed E-state index contributed by atoms with van der Waals surface area (Å²) in [5.74, 6) is 0. The molecule has 74 valence electrons. The van der Waals surface area contributed by atoms with Crippen molar-refractivity contribution in [1.82, 2.24) is 9.97 Å². The fourth-order valence-electron chi connectivity index (χ4n) is 0.992. The number of halogens is 3. The first-order valence-corrected chi connectivity index (χ1v) is 4.39. The number of nitrogens with zero attached hydrogens (tertiary/aromatic N) is 2. The van der Waals surface area contributed by atoms with Gasteiger partial charge in [-0.3, -0.25) is 0 Å². The average Bonchev–Trinajstić information content (AvgIpc) is 2.41. The van der Waals surface area contributed by atoms with Gasteiger partial charge in [-0.05, 0) is 12.1 Å². The van der Waals surface area contributed by atoms with Gasteiger partial charge >= 0.3 is 6.18 Å². The molecular formula is C7H4F3N3S. The number of alkyl halides is 3. The molecule has 0 aliphatic carbocycles. The lowest BCUT2D eigenvalue weighted by Gasteiger charge is -2.03. The molecule has 7 heteroatoms. The molecule has 0 unspecified atom stereocenters.